The van der Waals surface area contributed by atoms with Crippen LogP contribution in [-0.2, 0) is 35.3 Å². The van der Waals surface area contributed by atoms with Gasteiger partial charge in [0.05, 0.1) is 48.1 Å². The van der Waals surface area contributed by atoms with Crippen molar-refractivity contribution in [2.24, 2.45) is 11.8 Å². The van der Waals surface area contributed by atoms with Crippen molar-refractivity contribution >= 4 is 121 Å². The molecule has 8 N–H and O–H groups in total. The second-order valence-corrected chi connectivity index (χ2v) is 28.4. The number of aliphatic hydroxyl groups excluding tert-OH is 1. The van der Waals surface area contributed by atoms with Gasteiger partial charge >= 0.3 is 18.0 Å². The lowest BCUT2D eigenvalue weighted by molar-refractivity contribution is -0.143. The number of hydrogen-bond donors (Lipinski definition) is 8. The van der Waals surface area contributed by atoms with Crippen molar-refractivity contribution in [2.45, 2.75) is 122 Å². The number of benzene rings is 1. The van der Waals surface area contributed by atoms with E-state index in [4.69, 9.17) is 44.4 Å². The van der Waals surface area contributed by atoms with Gasteiger partial charge in [-0.15, -0.1) is 68.0 Å². The smallest absolute Gasteiger partial charge is 0.415 e. The molecule has 0 saturated heterocycles. The van der Waals surface area contributed by atoms with E-state index >= 15 is 0 Å². The Morgan fingerprint density at radius 1 is 0.681 bits per heavy atom. The van der Waals surface area contributed by atoms with E-state index in [1.54, 1.807) is 70.9 Å². The average molecular weight is 1390 g/mol. The van der Waals surface area contributed by atoms with Crippen LogP contribution >= 0.6 is 68.0 Å². The molecule has 0 spiro atoms. The molecule has 6 amide bonds. The van der Waals surface area contributed by atoms with Crippen LogP contribution in [0.1, 0.15) is 164 Å². The number of carboxylic acid groups (broad SMARTS) is 2. The largest absolute Gasteiger partial charge is 0.481 e. The van der Waals surface area contributed by atoms with Crippen molar-refractivity contribution in [3.05, 3.63) is 111 Å². The van der Waals surface area contributed by atoms with E-state index in [-0.39, 0.29) is 59.8 Å². The molecule has 1 aliphatic carbocycles. The number of aliphatic carboxylic acids is 2. The fraction of sp³-hybridized carbons (Fsp3) is 0.403. The highest BCUT2D eigenvalue weighted by Crippen LogP contribution is 2.41. The minimum atomic E-state index is -1.31. The number of thiazole rings is 6. The van der Waals surface area contributed by atoms with Crippen molar-refractivity contribution in [1.82, 2.24) is 61.5 Å². The Balaban J connectivity index is 1.03. The maximum Gasteiger partial charge on any atom is 0.415 e. The summed E-state index contributed by atoms with van der Waals surface area (Å²) in [6.45, 7) is 5.10. The summed E-state index contributed by atoms with van der Waals surface area (Å²) in [4.78, 5) is 144. The molecule has 494 valence electrons. The van der Waals surface area contributed by atoms with Crippen LogP contribution in [0.2, 0.25) is 0 Å². The van der Waals surface area contributed by atoms with Gasteiger partial charge in [0.15, 0.2) is 0 Å². The van der Waals surface area contributed by atoms with Gasteiger partial charge in [0.2, 0.25) is 11.8 Å². The lowest BCUT2D eigenvalue weighted by atomic mass is 9.87. The summed E-state index contributed by atoms with van der Waals surface area (Å²) in [7, 11) is 2.93. The zero-order valence-corrected chi connectivity index (χ0v) is 56.4. The number of anilines is 1. The molecule has 8 aromatic rings. The van der Waals surface area contributed by atoms with Gasteiger partial charge in [-0.2, -0.15) is 0 Å². The third-order valence-corrected chi connectivity index (χ3v) is 21.3. The standard InChI is InChI=1S/C62H67N13O13S6/c1-30(2)46-60-74-49(41(94-60)25-87-5)53(82)64-24-44(77)71-50(51(80)32-13-9-8-10-14-32)59-69-40(28-91-59)57-67-38(26-90-57)48-35(55-68-39(27-89-55)52(81)66-37(23-43(76)63-4)58-73-47(31(3)93-58)54(83)72-46)20-21-36(65-48)56-70-42(29-92-56)75(22-12-7-6-11-15-45(78)79)62(86)88-34-18-16-33(17-19-34)61(84)85/h8-10,13-14,20-21,26-30,33-34,37,46,50-51,80H,6-7,11-12,15-19,22-25H2,1-5H3,(H,63,76)(H,64,82)(H,66,81)(H,71,77)(H,72,83)(H,78,79)(H,84,85)/t33-,34-,37-,46-,50-,51-/m0/s1. The van der Waals surface area contributed by atoms with Crippen molar-refractivity contribution in [1.29, 1.82) is 0 Å². The highest BCUT2D eigenvalue weighted by molar-refractivity contribution is 7.15. The summed E-state index contributed by atoms with van der Waals surface area (Å²) in [5.74, 6) is -5.25. The number of carbonyl (C=O) groups is 8. The normalized spacial score (nSPS) is 18.3. The van der Waals surface area contributed by atoms with Crippen LogP contribution in [0.15, 0.2) is 64.0 Å². The lowest BCUT2D eigenvalue weighted by Gasteiger charge is -2.28. The predicted molar refractivity (Wildman–Crippen MR) is 355 cm³/mol. The number of fused-ring (bicyclic) bond motifs is 14. The third-order valence-electron chi connectivity index (χ3n) is 15.5. The fourth-order valence-corrected chi connectivity index (χ4v) is 16.1. The molecule has 1 aliphatic heterocycles. The Bertz CT molecular complexity index is 4060. The number of nitrogens with one attached hydrogen (secondary N) is 5. The van der Waals surface area contributed by atoms with Gasteiger partial charge in [0, 0.05) is 59.1 Å². The number of ether oxygens (including phenoxy) is 2. The SMILES string of the molecule is CNC(=O)C[C@@H]1NC(=O)c2csc(n2)-c2ccc(-c3nc(N(CCCCCCC(=O)O)C(=O)O[C@H]4CC[C@H](C(=O)O)CC4)cs3)nc2-c2csc(n2)-c2csc(n2)[C@H]([C@@H](O)c2ccccc2)NC(=O)CNC(=O)c2nc(sc2COC)[C@H](C(C)C)NC(=O)c2nc1sc2C. The van der Waals surface area contributed by atoms with Gasteiger partial charge < -0.3 is 51.4 Å². The molecule has 7 aromatic heterocycles. The van der Waals surface area contributed by atoms with Crippen LogP contribution in [0.25, 0.3) is 43.4 Å². The molecule has 0 unspecified atom stereocenters. The number of rotatable bonds is 18. The minimum absolute atomic E-state index is 0.00193. The van der Waals surface area contributed by atoms with Crippen LogP contribution in [0.3, 0.4) is 0 Å². The van der Waals surface area contributed by atoms with Gasteiger partial charge in [-0.05, 0) is 69.1 Å². The second-order valence-electron chi connectivity index (χ2n) is 22.6. The maximum atomic E-state index is 14.5. The third kappa shape index (κ3) is 16.6. The molecule has 4 atom stereocenters. The molecular weight excluding hydrogens is 1330 g/mol. The molecule has 1 fully saturated rings. The number of carboxylic acids is 2. The Labute approximate surface area is 563 Å². The zero-order chi connectivity index (χ0) is 66.7. The number of pyridine rings is 1. The van der Waals surface area contributed by atoms with E-state index in [1.807, 2.05) is 13.8 Å². The molecule has 26 nitrogen and oxygen atoms in total. The number of carbonyl (C=O) groups excluding carboxylic acids is 6. The number of unbranched alkanes of at least 4 members (excludes halogenated alkanes) is 3. The number of hydrogen-bond acceptors (Lipinski definition) is 24. The lowest BCUT2D eigenvalue weighted by Crippen LogP contribution is -2.40. The van der Waals surface area contributed by atoms with Crippen LogP contribution in [0.5, 0.6) is 0 Å². The number of aryl methyl sites for hydroxylation is 1. The van der Waals surface area contributed by atoms with Crippen molar-refractivity contribution in [3.8, 4) is 43.4 Å². The van der Waals surface area contributed by atoms with Crippen LogP contribution < -0.4 is 31.5 Å². The first kappa shape index (κ1) is 68.5. The highest BCUT2D eigenvalue weighted by atomic mass is 32.1. The fourth-order valence-electron chi connectivity index (χ4n) is 10.5. The summed E-state index contributed by atoms with van der Waals surface area (Å²) in [5.41, 5.74) is 2.45. The summed E-state index contributed by atoms with van der Waals surface area (Å²) >= 11 is 7.08. The molecule has 2 aliphatic rings. The summed E-state index contributed by atoms with van der Waals surface area (Å²) in [6, 6.07) is 9.35. The molecule has 32 heteroatoms. The number of aromatic nitrogens is 7. The molecule has 94 heavy (non-hydrogen) atoms. The summed E-state index contributed by atoms with van der Waals surface area (Å²) in [6.07, 6.45) is 1.07. The minimum Gasteiger partial charge on any atom is -0.481 e. The number of methoxy groups -OCH3 is 1. The number of nitrogens with zero attached hydrogens (tertiary/aromatic N) is 8. The Kier molecular flexibility index (Phi) is 22.8. The average Bonchev–Trinajstić information content (AvgIpc) is 1.62. The van der Waals surface area contributed by atoms with Crippen LogP contribution in [-0.4, -0.2) is 131 Å². The predicted octanol–water partition coefficient (Wildman–Crippen LogP) is 9.93. The summed E-state index contributed by atoms with van der Waals surface area (Å²) < 4.78 is 11.5. The maximum absolute atomic E-state index is 14.5. The van der Waals surface area contributed by atoms with E-state index in [0.717, 1.165) is 34.0 Å². The van der Waals surface area contributed by atoms with E-state index < -0.39 is 90.4 Å². The molecule has 0 radical (unpaired) electrons. The van der Waals surface area contributed by atoms with E-state index in [9.17, 15) is 53.7 Å². The first-order chi connectivity index (χ1) is 45.2. The van der Waals surface area contributed by atoms with Crippen LogP contribution in [0, 0.1) is 18.8 Å². The molecular formula is C62H67N13O13S6. The number of amides is 6. The van der Waals surface area contributed by atoms with Gasteiger partial charge in [-0.3, -0.25) is 38.5 Å². The quantitative estimate of drug-likeness (QED) is 0.0370. The van der Waals surface area contributed by atoms with Crippen molar-refractivity contribution < 1.29 is 63.1 Å². The van der Waals surface area contributed by atoms with Gasteiger partial charge in [0.25, 0.3) is 17.7 Å². The van der Waals surface area contributed by atoms with Crippen molar-refractivity contribution in [3.63, 3.8) is 0 Å². The monoisotopic (exact) mass is 1390 g/mol. The molecule has 10 rings (SSSR count). The van der Waals surface area contributed by atoms with E-state index in [2.05, 4.69) is 26.6 Å². The Morgan fingerprint density at radius 2 is 1.38 bits per heavy atom. The topological polar surface area (TPSA) is 369 Å². The van der Waals surface area contributed by atoms with E-state index in [1.165, 1.54) is 53.1 Å². The van der Waals surface area contributed by atoms with Crippen molar-refractivity contribution in [2.75, 3.05) is 32.1 Å². The number of aliphatic hydroxyl groups is 1. The Hall–Kier alpha value is -8.37. The van der Waals surface area contributed by atoms with Gasteiger partial charge in [0.1, 0.15) is 88.3 Å². The van der Waals surface area contributed by atoms with E-state index in [0.29, 0.717) is 120 Å². The second kappa shape index (κ2) is 31.2. The molecule has 10 bridgehead atoms. The molecule has 8 heterocycles. The van der Waals surface area contributed by atoms with Crippen LogP contribution in [0.4, 0.5) is 10.6 Å². The van der Waals surface area contributed by atoms with Gasteiger partial charge in [-0.1, -0.05) is 57.0 Å². The zero-order valence-electron chi connectivity index (χ0n) is 51.5. The molecule has 1 saturated carbocycles. The molecule has 1 aromatic carbocycles. The first-order valence-electron chi connectivity index (χ1n) is 30.1. The highest BCUT2D eigenvalue weighted by Gasteiger charge is 2.35. The Morgan fingerprint density at radius 3 is 2.12 bits per heavy atom. The van der Waals surface area contributed by atoms with Gasteiger partial charge in [-0.25, -0.2) is 39.7 Å². The first-order valence-corrected chi connectivity index (χ1v) is 35.3. The summed E-state index contributed by atoms with van der Waals surface area (Å²) in [5, 5.41) is 53.9.